The van der Waals surface area contributed by atoms with Crippen LogP contribution in [0.4, 0.5) is 0 Å². The first-order chi connectivity index (χ1) is 6.52. The number of rotatable bonds is 3. The molecule has 0 aromatic heterocycles. The molecule has 0 saturated heterocycles. The molecular weight excluding hydrogens is 172 g/mol. The summed E-state index contributed by atoms with van der Waals surface area (Å²) in [5.74, 6) is 0.254. The number of ketones is 1. The Hall–Kier alpha value is -1.37. The fourth-order valence-corrected chi connectivity index (χ4v) is 1.25. The minimum atomic E-state index is 0.0608. The normalized spacial score (nSPS) is 10.3. The van der Waals surface area contributed by atoms with Crippen LogP contribution in [0, 0.1) is 5.92 Å². The highest BCUT2D eigenvalue weighted by molar-refractivity contribution is 5.97. The van der Waals surface area contributed by atoms with Gasteiger partial charge in [0.15, 0.2) is 5.78 Å². The van der Waals surface area contributed by atoms with Gasteiger partial charge in [0.2, 0.25) is 0 Å². The summed E-state index contributed by atoms with van der Waals surface area (Å²) in [5.41, 5.74) is 2.89. The van der Waals surface area contributed by atoms with E-state index >= 15 is 0 Å². The molecule has 1 rings (SSSR count). The molecule has 0 aliphatic carbocycles. The van der Waals surface area contributed by atoms with Crippen LogP contribution < -0.4 is 0 Å². The smallest absolute Gasteiger partial charge is 0.165 e. The molecule has 1 aromatic rings. The van der Waals surface area contributed by atoms with Gasteiger partial charge < -0.3 is 0 Å². The number of carbonyl (C=O) groups excluding carboxylic acids is 1. The van der Waals surface area contributed by atoms with Crippen LogP contribution in [0.25, 0.3) is 5.57 Å². The van der Waals surface area contributed by atoms with Crippen LogP contribution in [0.3, 0.4) is 0 Å². The van der Waals surface area contributed by atoms with Crippen LogP contribution in [0.2, 0.25) is 0 Å². The van der Waals surface area contributed by atoms with Crippen molar-refractivity contribution in [1.82, 2.24) is 0 Å². The molecule has 0 N–H and O–H groups in total. The number of Topliss-reactive ketones (excluding diaryl/α,β-unsaturated/α-hetero) is 1. The van der Waals surface area contributed by atoms with Gasteiger partial charge in [0.1, 0.15) is 0 Å². The van der Waals surface area contributed by atoms with E-state index in [-0.39, 0.29) is 11.7 Å². The zero-order valence-electron chi connectivity index (χ0n) is 9.00. The molecule has 1 nitrogen and oxygen atoms in total. The highest BCUT2D eigenvalue weighted by Crippen LogP contribution is 2.14. The predicted molar refractivity (Wildman–Crippen MR) is 60.3 cm³/mol. The molecule has 0 fully saturated rings. The van der Waals surface area contributed by atoms with Gasteiger partial charge in [-0.1, -0.05) is 50.3 Å². The molecule has 0 aliphatic rings. The molecule has 74 valence electrons. The molecule has 1 heteroatoms. The van der Waals surface area contributed by atoms with Gasteiger partial charge in [0.25, 0.3) is 0 Å². The topological polar surface area (TPSA) is 17.1 Å². The first-order valence-electron chi connectivity index (χ1n) is 4.82. The van der Waals surface area contributed by atoms with E-state index in [1.807, 2.05) is 45.0 Å². The minimum Gasteiger partial charge on any atom is -0.294 e. The maximum Gasteiger partial charge on any atom is 0.165 e. The molecule has 0 spiro atoms. The molecule has 1 aromatic carbocycles. The van der Waals surface area contributed by atoms with E-state index in [0.29, 0.717) is 0 Å². The van der Waals surface area contributed by atoms with E-state index in [2.05, 4.69) is 6.58 Å². The summed E-state index contributed by atoms with van der Waals surface area (Å²) in [6.07, 6.45) is 0. The Morgan fingerprint density at radius 1 is 1.14 bits per heavy atom. The van der Waals surface area contributed by atoms with Crippen molar-refractivity contribution in [3.05, 3.63) is 42.0 Å². The Labute approximate surface area is 85.5 Å². The number of benzene rings is 1. The van der Waals surface area contributed by atoms with Gasteiger partial charge in [0.05, 0.1) is 0 Å². The van der Waals surface area contributed by atoms with Crippen LogP contribution in [-0.4, -0.2) is 5.78 Å². The molecule has 0 amide bonds. The van der Waals surface area contributed by atoms with Crippen LogP contribution in [0.5, 0.6) is 0 Å². The average Bonchev–Trinajstić information content (AvgIpc) is 2.16. The molecule has 0 saturated carbocycles. The van der Waals surface area contributed by atoms with E-state index < -0.39 is 0 Å². The fourth-order valence-electron chi connectivity index (χ4n) is 1.25. The van der Waals surface area contributed by atoms with E-state index in [0.717, 1.165) is 16.7 Å². The third-order valence-electron chi connectivity index (χ3n) is 2.19. The van der Waals surface area contributed by atoms with Gasteiger partial charge in [-0.3, -0.25) is 4.79 Å². The molecule has 0 unspecified atom stereocenters. The lowest BCUT2D eigenvalue weighted by atomic mass is 9.99. The Balaban J connectivity index is 2.94. The third-order valence-corrected chi connectivity index (χ3v) is 2.19. The van der Waals surface area contributed by atoms with Crippen molar-refractivity contribution in [2.75, 3.05) is 0 Å². The largest absolute Gasteiger partial charge is 0.294 e. The Morgan fingerprint density at radius 3 is 1.93 bits per heavy atom. The fraction of sp³-hybridized carbons (Fsp3) is 0.308. The van der Waals surface area contributed by atoms with Gasteiger partial charge in [-0.25, -0.2) is 0 Å². The first-order valence-corrected chi connectivity index (χ1v) is 4.82. The zero-order chi connectivity index (χ0) is 10.7. The second-order valence-electron chi connectivity index (χ2n) is 3.88. The van der Waals surface area contributed by atoms with E-state index in [9.17, 15) is 4.79 Å². The van der Waals surface area contributed by atoms with Gasteiger partial charge in [-0.05, 0) is 12.5 Å². The van der Waals surface area contributed by atoms with Crippen molar-refractivity contribution in [3.63, 3.8) is 0 Å². The summed E-state index contributed by atoms with van der Waals surface area (Å²) in [5, 5.41) is 0. The van der Waals surface area contributed by atoms with E-state index in [1.165, 1.54) is 0 Å². The Kier molecular flexibility index (Phi) is 3.23. The number of hydrogen-bond acceptors (Lipinski definition) is 1. The van der Waals surface area contributed by atoms with Crippen LogP contribution in [0.15, 0.2) is 30.8 Å². The quantitative estimate of drug-likeness (QED) is 0.663. The van der Waals surface area contributed by atoms with Gasteiger partial charge in [0, 0.05) is 11.5 Å². The van der Waals surface area contributed by atoms with Gasteiger partial charge in [-0.15, -0.1) is 0 Å². The molecule has 0 bridgehead atoms. The van der Waals surface area contributed by atoms with Crippen molar-refractivity contribution in [2.24, 2.45) is 5.92 Å². The zero-order valence-corrected chi connectivity index (χ0v) is 9.00. The van der Waals surface area contributed by atoms with Crippen LogP contribution in [0.1, 0.15) is 36.7 Å². The maximum absolute atomic E-state index is 11.6. The summed E-state index contributed by atoms with van der Waals surface area (Å²) in [6.45, 7) is 9.63. The summed E-state index contributed by atoms with van der Waals surface area (Å²) in [7, 11) is 0. The summed E-state index contributed by atoms with van der Waals surface area (Å²) in [6, 6.07) is 7.62. The van der Waals surface area contributed by atoms with Crippen molar-refractivity contribution in [1.29, 1.82) is 0 Å². The van der Waals surface area contributed by atoms with E-state index in [4.69, 9.17) is 0 Å². The van der Waals surface area contributed by atoms with Crippen molar-refractivity contribution in [2.45, 2.75) is 20.8 Å². The Morgan fingerprint density at radius 2 is 1.57 bits per heavy atom. The highest BCUT2D eigenvalue weighted by atomic mass is 16.1. The molecule has 0 aliphatic heterocycles. The number of carbonyl (C=O) groups is 1. The Bertz CT molecular complexity index is 344. The van der Waals surface area contributed by atoms with Crippen molar-refractivity contribution in [3.8, 4) is 0 Å². The lowest BCUT2D eigenvalue weighted by Crippen LogP contribution is -2.06. The number of allylic oxidation sites excluding steroid dienone is 1. The van der Waals surface area contributed by atoms with Gasteiger partial charge in [-0.2, -0.15) is 0 Å². The minimum absolute atomic E-state index is 0.0608. The summed E-state index contributed by atoms with van der Waals surface area (Å²) >= 11 is 0. The summed E-state index contributed by atoms with van der Waals surface area (Å²) < 4.78 is 0. The first kappa shape index (κ1) is 10.7. The predicted octanol–water partition coefficient (Wildman–Crippen LogP) is 3.56. The summed E-state index contributed by atoms with van der Waals surface area (Å²) in [4.78, 5) is 11.6. The second-order valence-corrected chi connectivity index (χ2v) is 3.88. The van der Waals surface area contributed by atoms with Gasteiger partial charge >= 0.3 is 0 Å². The standard InChI is InChI=1S/C13H16O/c1-9(2)11-5-7-12(8-6-11)13(14)10(3)4/h5-8,10H,1H2,2-4H3. The number of hydrogen-bond donors (Lipinski definition) is 0. The van der Waals surface area contributed by atoms with Crippen LogP contribution in [-0.2, 0) is 0 Å². The lowest BCUT2D eigenvalue weighted by molar-refractivity contribution is 0.0939. The van der Waals surface area contributed by atoms with E-state index in [1.54, 1.807) is 0 Å². The highest BCUT2D eigenvalue weighted by Gasteiger charge is 2.09. The monoisotopic (exact) mass is 188 g/mol. The van der Waals surface area contributed by atoms with Crippen molar-refractivity contribution < 1.29 is 4.79 Å². The molecule has 14 heavy (non-hydrogen) atoms. The lowest BCUT2D eigenvalue weighted by Gasteiger charge is -2.05. The maximum atomic E-state index is 11.6. The average molecular weight is 188 g/mol. The second kappa shape index (κ2) is 4.23. The molecular formula is C13H16O. The molecule has 0 radical (unpaired) electrons. The van der Waals surface area contributed by atoms with Crippen molar-refractivity contribution >= 4 is 11.4 Å². The molecule has 0 atom stereocenters. The van der Waals surface area contributed by atoms with Crippen LogP contribution >= 0.6 is 0 Å². The molecule has 0 heterocycles. The SMILES string of the molecule is C=C(C)c1ccc(C(=O)C(C)C)cc1. The third kappa shape index (κ3) is 2.32.